The van der Waals surface area contributed by atoms with Crippen LogP contribution in [0.15, 0.2) is 24.3 Å². The number of piperazine rings is 1. The number of hydrogen-bond acceptors (Lipinski definition) is 2. The summed E-state index contributed by atoms with van der Waals surface area (Å²) in [6, 6.07) is 8.29. The number of fused-ring (bicyclic) bond motifs is 1. The van der Waals surface area contributed by atoms with Gasteiger partial charge >= 0.3 is 0 Å². The van der Waals surface area contributed by atoms with E-state index in [-0.39, 0.29) is 5.91 Å². The summed E-state index contributed by atoms with van der Waals surface area (Å²) in [5, 5.41) is 1.19. The van der Waals surface area contributed by atoms with E-state index >= 15 is 0 Å². The predicted molar refractivity (Wildman–Crippen MR) is 85.7 cm³/mol. The first-order chi connectivity index (χ1) is 10.1. The quantitative estimate of drug-likeness (QED) is 0.847. The van der Waals surface area contributed by atoms with Crippen molar-refractivity contribution < 1.29 is 4.79 Å². The lowest BCUT2D eigenvalue weighted by atomic mass is 10.1. The molecule has 0 radical (unpaired) electrons. The minimum atomic E-state index is 0.179. The van der Waals surface area contributed by atoms with Gasteiger partial charge < -0.3 is 14.4 Å². The van der Waals surface area contributed by atoms with Crippen molar-refractivity contribution >= 4 is 16.8 Å². The summed E-state index contributed by atoms with van der Waals surface area (Å²) in [5.41, 5.74) is 3.13. The Morgan fingerprint density at radius 3 is 2.48 bits per heavy atom. The van der Waals surface area contributed by atoms with E-state index in [0.717, 1.165) is 49.5 Å². The number of hydrogen-bond donors (Lipinski definition) is 0. The zero-order valence-electron chi connectivity index (χ0n) is 13.1. The molecule has 4 nitrogen and oxygen atoms in total. The van der Waals surface area contributed by atoms with E-state index in [9.17, 15) is 4.79 Å². The molecule has 0 N–H and O–H groups in total. The third-order valence-electron chi connectivity index (χ3n) is 4.53. The van der Waals surface area contributed by atoms with Crippen molar-refractivity contribution in [2.45, 2.75) is 20.4 Å². The van der Waals surface area contributed by atoms with Crippen molar-refractivity contribution in [3.05, 3.63) is 35.5 Å². The van der Waals surface area contributed by atoms with Gasteiger partial charge in [-0.3, -0.25) is 4.79 Å². The average Bonchev–Trinajstić information content (AvgIpc) is 2.80. The minimum absolute atomic E-state index is 0.179. The Bertz CT molecular complexity index is 666. The first kappa shape index (κ1) is 14.1. The molecule has 1 aromatic heterocycles. The molecule has 1 aliphatic heterocycles. The Labute approximate surface area is 125 Å². The van der Waals surface area contributed by atoms with Crippen LogP contribution in [0.1, 0.15) is 23.0 Å². The molecule has 21 heavy (non-hydrogen) atoms. The highest BCUT2D eigenvalue weighted by Gasteiger charge is 2.26. The number of benzene rings is 1. The number of aromatic nitrogens is 1. The third-order valence-corrected chi connectivity index (χ3v) is 4.53. The molecule has 1 aliphatic rings. The van der Waals surface area contributed by atoms with E-state index < -0.39 is 0 Å². The highest BCUT2D eigenvalue weighted by molar-refractivity contribution is 6.01. The van der Waals surface area contributed by atoms with Gasteiger partial charge in [0.05, 0.1) is 0 Å². The zero-order chi connectivity index (χ0) is 15.0. The van der Waals surface area contributed by atoms with Crippen LogP contribution in [0.5, 0.6) is 0 Å². The third kappa shape index (κ3) is 2.33. The Balaban J connectivity index is 2.03. The lowest BCUT2D eigenvalue weighted by molar-refractivity contribution is 0.0653. The van der Waals surface area contributed by atoms with Gasteiger partial charge in [-0.15, -0.1) is 0 Å². The molecule has 0 saturated carbocycles. The normalized spacial score (nSPS) is 16.6. The van der Waals surface area contributed by atoms with Gasteiger partial charge in [0.15, 0.2) is 0 Å². The van der Waals surface area contributed by atoms with Crippen LogP contribution in [0.25, 0.3) is 10.9 Å². The minimum Gasteiger partial charge on any atom is -0.337 e. The van der Waals surface area contributed by atoms with Crippen LogP contribution in [0.3, 0.4) is 0 Å². The number of carbonyl (C=O) groups is 1. The number of amides is 1. The smallest absolute Gasteiger partial charge is 0.270 e. The molecule has 2 aromatic rings. The van der Waals surface area contributed by atoms with Gasteiger partial charge in [0.2, 0.25) is 0 Å². The second-order valence-corrected chi connectivity index (χ2v) is 5.83. The average molecular weight is 285 g/mol. The fourth-order valence-corrected chi connectivity index (χ4v) is 3.24. The van der Waals surface area contributed by atoms with Crippen LogP contribution in [0.2, 0.25) is 0 Å². The second kappa shape index (κ2) is 5.53. The fraction of sp³-hybridized carbons (Fsp3) is 0.471. The summed E-state index contributed by atoms with van der Waals surface area (Å²) in [5.74, 6) is 0.179. The number of nitrogens with zero attached hydrogens (tertiary/aromatic N) is 3. The van der Waals surface area contributed by atoms with E-state index in [2.05, 4.69) is 42.5 Å². The van der Waals surface area contributed by atoms with Gasteiger partial charge in [-0.25, -0.2) is 0 Å². The summed E-state index contributed by atoms with van der Waals surface area (Å²) in [6.07, 6.45) is 0. The summed E-state index contributed by atoms with van der Waals surface area (Å²) in [6.45, 7) is 8.54. The van der Waals surface area contributed by atoms with Crippen LogP contribution in [-0.2, 0) is 6.54 Å². The molecule has 0 spiro atoms. The number of rotatable bonds is 2. The highest BCUT2D eigenvalue weighted by atomic mass is 16.2. The van der Waals surface area contributed by atoms with E-state index in [0.29, 0.717) is 0 Å². The summed E-state index contributed by atoms with van der Waals surface area (Å²) >= 11 is 0. The number of likely N-dealkylation sites (N-methyl/N-ethyl adjacent to an activating group) is 1. The predicted octanol–water partition coefficient (Wildman–Crippen LogP) is 2.36. The van der Waals surface area contributed by atoms with Gasteiger partial charge in [0, 0.05) is 43.6 Å². The van der Waals surface area contributed by atoms with Crippen LogP contribution < -0.4 is 0 Å². The number of para-hydroxylation sites is 1. The van der Waals surface area contributed by atoms with Crippen molar-refractivity contribution in [2.24, 2.45) is 0 Å². The van der Waals surface area contributed by atoms with Crippen molar-refractivity contribution in [1.29, 1.82) is 0 Å². The molecular formula is C17H23N3O. The largest absolute Gasteiger partial charge is 0.337 e. The molecular weight excluding hydrogens is 262 g/mol. The van der Waals surface area contributed by atoms with E-state index in [4.69, 9.17) is 0 Å². The fourth-order valence-electron chi connectivity index (χ4n) is 3.24. The molecule has 112 valence electrons. The van der Waals surface area contributed by atoms with Crippen molar-refractivity contribution in [1.82, 2.24) is 14.4 Å². The Hall–Kier alpha value is -1.81. The Kier molecular flexibility index (Phi) is 3.72. The molecule has 1 fully saturated rings. The number of aryl methyl sites for hydroxylation is 2. The summed E-state index contributed by atoms with van der Waals surface area (Å²) in [7, 11) is 2.11. The maximum Gasteiger partial charge on any atom is 0.270 e. The molecule has 2 heterocycles. The van der Waals surface area contributed by atoms with Gasteiger partial charge in [-0.2, -0.15) is 0 Å². The van der Waals surface area contributed by atoms with Gasteiger partial charge in [0.1, 0.15) is 5.69 Å². The molecule has 0 aliphatic carbocycles. The second-order valence-electron chi connectivity index (χ2n) is 5.83. The van der Waals surface area contributed by atoms with Crippen molar-refractivity contribution in [3.8, 4) is 0 Å². The highest BCUT2D eigenvalue weighted by Crippen LogP contribution is 2.26. The molecule has 1 aromatic carbocycles. The molecule has 1 amide bonds. The molecule has 4 heteroatoms. The lowest BCUT2D eigenvalue weighted by Crippen LogP contribution is -2.47. The van der Waals surface area contributed by atoms with Gasteiger partial charge in [-0.1, -0.05) is 18.2 Å². The van der Waals surface area contributed by atoms with Crippen molar-refractivity contribution in [3.63, 3.8) is 0 Å². The van der Waals surface area contributed by atoms with E-state index in [1.807, 2.05) is 17.0 Å². The zero-order valence-corrected chi connectivity index (χ0v) is 13.1. The summed E-state index contributed by atoms with van der Waals surface area (Å²) < 4.78 is 2.16. The molecule has 3 rings (SSSR count). The van der Waals surface area contributed by atoms with Crippen molar-refractivity contribution in [2.75, 3.05) is 33.2 Å². The van der Waals surface area contributed by atoms with E-state index in [1.165, 1.54) is 5.39 Å². The van der Waals surface area contributed by atoms with Crippen LogP contribution in [-0.4, -0.2) is 53.5 Å². The first-order valence-electron chi connectivity index (χ1n) is 7.69. The molecule has 1 saturated heterocycles. The number of carbonyl (C=O) groups excluding carboxylic acids is 1. The van der Waals surface area contributed by atoms with Crippen LogP contribution in [0.4, 0.5) is 0 Å². The van der Waals surface area contributed by atoms with E-state index in [1.54, 1.807) is 0 Å². The van der Waals surface area contributed by atoms with Gasteiger partial charge in [0.25, 0.3) is 5.91 Å². The maximum absolute atomic E-state index is 13.0. The lowest BCUT2D eigenvalue weighted by Gasteiger charge is -2.32. The Morgan fingerprint density at radius 1 is 1.14 bits per heavy atom. The molecule has 0 atom stereocenters. The summed E-state index contributed by atoms with van der Waals surface area (Å²) in [4.78, 5) is 17.2. The molecule has 0 bridgehead atoms. The van der Waals surface area contributed by atoms with Crippen LogP contribution in [0, 0.1) is 6.92 Å². The maximum atomic E-state index is 13.0. The topological polar surface area (TPSA) is 28.5 Å². The van der Waals surface area contributed by atoms with Gasteiger partial charge in [-0.05, 0) is 32.5 Å². The van der Waals surface area contributed by atoms with Crippen LogP contribution >= 0.6 is 0 Å². The standard InChI is InChI=1S/C17H23N3O/c1-4-20-15-8-6-5-7-14(15)13(2)16(20)17(21)19-11-9-18(3)10-12-19/h5-8H,4,9-12H2,1-3H3. The SMILES string of the molecule is CCn1c(C(=O)N2CCN(C)CC2)c(C)c2ccccc21. The Morgan fingerprint density at radius 2 is 1.81 bits per heavy atom. The monoisotopic (exact) mass is 285 g/mol. The first-order valence-corrected chi connectivity index (χ1v) is 7.69. The molecule has 0 unspecified atom stereocenters.